The van der Waals surface area contributed by atoms with Gasteiger partial charge in [0.05, 0.1) is 0 Å². The first-order valence-corrected chi connectivity index (χ1v) is 6.28. The van der Waals surface area contributed by atoms with E-state index in [1.165, 1.54) is 0 Å². The Balaban J connectivity index is 2.95. The predicted octanol–water partition coefficient (Wildman–Crippen LogP) is 3.10. The molecule has 1 rings (SSSR count). The lowest BCUT2D eigenvalue weighted by atomic mass is 10.2. The Kier molecular flexibility index (Phi) is 4.93. The van der Waals surface area contributed by atoms with Crippen molar-refractivity contribution in [3.63, 3.8) is 0 Å². The van der Waals surface area contributed by atoms with Gasteiger partial charge in [-0.2, -0.15) is 0 Å². The molecule has 0 spiro atoms. The smallest absolute Gasteiger partial charge is 0.273 e. The molecular weight excluding hydrogens is 268 g/mol. The molecule has 0 atom stereocenters. The maximum Gasteiger partial charge on any atom is 0.273 e. The van der Waals surface area contributed by atoms with Crippen molar-refractivity contribution in [1.82, 2.24) is 9.88 Å². The molecule has 0 saturated carbocycles. The number of pyridine rings is 1. The minimum absolute atomic E-state index is 0.00988. The van der Waals surface area contributed by atoms with Crippen LogP contribution in [0.25, 0.3) is 0 Å². The second-order valence-corrected chi connectivity index (χ2v) is 4.78. The average molecular weight is 285 g/mol. The Morgan fingerprint density at radius 3 is 2.75 bits per heavy atom. The number of rotatable bonds is 4. The van der Waals surface area contributed by atoms with Crippen LogP contribution in [-0.4, -0.2) is 28.4 Å². The van der Waals surface area contributed by atoms with E-state index in [0.717, 1.165) is 17.4 Å². The molecular formula is C12H17BrN2O. The molecule has 1 amide bonds. The number of hydrogen-bond donors (Lipinski definition) is 0. The molecule has 0 aromatic carbocycles. The molecule has 0 saturated heterocycles. The zero-order valence-corrected chi connectivity index (χ0v) is 11.5. The van der Waals surface area contributed by atoms with E-state index in [1.54, 1.807) is 12.3 Å². The van der Waals surface area contributed by atoms with Crippen molar-refractivity contribution >= 4 is 21.8 Å². The molecule has 0 aliphatic carbocycles. The second kappa shape index (κ2) is 5.99. The van der Waals surface area contributed by atoms with Crippen LogP contribution < -0.4 is 0 Å². The maximum atomic E-state index is 12.2. The number of hydrogen-bond acceptors (Lipinski definition) is 2. The molecule has 1 aromatic heterocycles. The number of nitrogens with zero attached hydrogens (tertiary/aromatic N) is 2. The molecule has 0 fully saturated rings. The van der Waals surface area contributed by atoms with Gasteiger partial charge < -0.3 is 4.90 Å². The molecule has 0 aliphatic rings. The van der Waals surface area contributed by atoms with Crippen molar-refractivity contribution in [2.24, 2.45) is 0 Å². The SMILES string of the molecule is CCCN(C(=O)c1ncccc1Br)C(C)C. The Morgan fingerprint density at radius 2 is 2.25 bits per heavy atom. The van der Waals surface area contributed by atoms with Crippen molar-refractivity contribution in [2.45, 2.75) is 33.2 Å². The van der Waals surface area contributed by atoms with Crippen molar-refractivity contribution in [3.05, 3.63) is 28.5 Å². The van der Waals surface area contributed by atoms with E-state index in [1.807, 2.05) is 24.8 Å². The molecule has 1 heterocycles. The molecule has 3 nitrogen and oxygen atoms in total. The van der Waals surface area contributed by atoms with Crippen LogP contribution in [0.4, 0.5) is 0 Å². The van der Waals surface area contributed by atoms with Gasteiger partial charge in [-0.1, -0.05) is 6.92 Å². The Labute approximate surface area is 105 Å². The summed E-state index contributed by atoms with van der Waals surface area (Å²) in [4.78, 5) is 18.2. The molecule has 0 unspecified atom stereocenters. The maximum absolute atomic E-state index is 12.2. The molecule has 88 valence electrons. The van der Waals surface area contributed by atoms with E-state index in [9.17, 15) is 4.79 Å². The highest BCUT2D eigenvalue weighted by Crippen LogP contribution is 2.16. The van der Waals surface area contributed by atoms with E-state index in [0.29, 0.717) is 5.69 Å². The van der Waals surface area contributed by atoms with Gasteiger partial charge in [-0.3, -0.25) is 4.79 Å². The topological polar surface area (TPSA) is 33.2 Å². The average Bonchev–Trinajstić information content (AvgIpc) is 2.25. The standard InChI is InChI=1S/C12H17BrN2O/c1-4-8-15(9(2)3)12(16)11-10(13)6-5-7-14-11/h5-7,9H,4,8H2,1-3H3. The van der Waals surface area contributed by atoms with Gasteiger partial charge >= 0.3 is 0 Å². The zero-order valence-electron chi connectivity index (χ0n) is 9.90. The van der Waals surface area contributed by atoms with Crippen molar-refractivity contribution in [1.29, 1.82) is 0 Å². The van der Waals surface area contributed by atoms with E-state index in [-0.39, 0.29) is 11.9 Å². The third-order valence-electron chi connectivity index (χ3n) is 2.31. The fourth-order valence-corrected chi connectivity index (χ4v) is 1.94. The van der Waals surface area contributed by atoms with Gasteiger partial charge in [0.15, 0.2) is 0 Å². The van der Waals surface area contributed by atoms with E-state index in [2.05, 4.69) is 27.8 Å². The van der Waals surface area contributed by atoms with Gasteiger partial charge in [-0.05, 0) is 48.3 Å². The molecule has 1 aromatic rings. The third kappa shape index (κ3) is 3.04. The normalized spacial score (nSPS) is 10.6. The number of carbonyl (C=O) groups is 1. The summed E-state index contributed by atoms with van der Waals surface area (Å²) in [6.45, 7) is 6.87. The molecule has 0 radical (unpaired) electrons. The van der Waals surface area contributed by atoms with Crippen LogP contribution in [0, 0.1) is 0 Å². The highest BCUT2D eigenvalue weighted by Gasteiger charge is 2.20. The summed E-state index contributed by atoms with van der Waals surface area (Å²) in [5.41, 5.74) is 0.490. The zero-order chi connectivity index (χ0) is 12.1. The monoisotopic (exact) mass is 284 g/mol. The number of halogens is 1. The lowest BCUT2D eigenvalue weighted by Crippen LogP contribution is -2.38. The van der Waals surface area contributed by atoms with Crippen LogP contribution in [0.3, 0.4) is 0 Å². The van der Waals surface area contributed by atoms with Gasteiger partial charge in [-0.25, -0.2) is 4.98 Å². The minimum Gasteiger partial charge on any atom is -0.335 e. The van der Waals surface area contributed by atoms with Gasteiger partial charge in [0.25, 0.3) is 5.91 Å². The first kappa shape index (κ1) is 13.2. The van der Waals surface area contributed by atoms with E-state index in [4.69, 9.17) is 0 Å². The third-order valence-corrected chi connectivity index (χ3v) is 2.95. The fraction of sp³-hybridized carbons (Fsp3) is 0.500. The van der Waals surface area contributed by atoms with Crippen LogP contribution in [0.15, 0.2) is 22.8 Å². The molecule has 0 N–H and O–H groups in total. The summed E-state index contributed by atoms with van der Waals surface area (Å²) in [7, 11) is 0. The summed E-state index contributed by atoms with van der Waals surface area (Å²) >= 11 is 3.36. The van der Waals surface area contributed by atoms with E-state index < -0.39 is 0 Å². The Morgan fingerprint density at radius 1 is 1.56 bits per heavy atom. The number of carbonyl (C=O) groups excluding carboxylic acids is 1. The predicted molar refractivity (Wildman–Crippen MR) is 68.4 cm³/mol. The lowest BCUT2D eigenvalue weighted by molar-refractivity contribution is 0.0699. The molecule has 0 bridgehead atoms. The van der Waals surface area contributed by atoms with Gasteiger partial charge in [0.1, 0.15) is 5.69 Å². The quantitative estimate of drug-likeness (QED) is 0.851. The first-order valence-electron chi connectivity index (χ1n) is 5.49. The van der Waals surface area contributed by atoms with Crippen LogP contribution in [0.2, 0.25) is 0 Å². The second-order valence-electron chi connectivity index (χ2n) is 3.93. The first-order chi connectivity index (χ1) is 7.57. The highest BCUT2D eigenvalue weighted by molar-refractivity contribution is 9.10. The van der Waals surface area contributed by atoms with Crippen LogP contribution in [0.1, 0.15) is 37.7 Å². The number of aromatic nitrogens is 1. The highest BCUT2D eigenvalue weighted by atomic mass is 79.9. The largest absolute Gasteiger partial charge is 0.335 e. The molecule has 16 heavy (non-hydrogen) atoms. The summed E-state index contributed by atoms with van der Waals surface area (Å²) in [6.07, 6.45) is 2.59. The Bertz CT molecular complexity index is 366. The Hall–Kier alpha value is -0.900. The molecule has 0 aliphatic heterocycles. The van der Waals surface area contributed by atoms with Gasteiger partial charge in [0, 0.05) is 23.3 Å². The summed E-state index contributed by atoms with van der Waals surface area (Å²) < 4.78 is 0.752. The summed E-state index contributed by atoms with van der Waals surface area (Å²) in [5.74, 6) is -0.00988. The minimum atomic E-state index is -0.00988. The van der Waals surface area contributed by atoms with Gasteiger partial charge in [0.2, 0.25) is 0 Å². The lowest BCUT2D eigenvalue weighted by Gasteiger charge is -2.26. The van der Waals surface area contributed by atoms with Crippen LogP contribution in [0.5, 0.6) is 0 Å². The van der Waals surface area contributed by atoms with Crippen molar-refractivity contribution in [3.8, 4) is 0 Å². The van der Waals surface area contributed by atoms with Crippen molar-refractivity contribution < 1.29 is 4.79 Å². The van der Waals surface area contributed by atoms with Crippen LogP contribution >= 0.6 is 15.9 Å². The van der Waals surface area contributed by atoms with Crippen molar-refractivity contribution in [2.75, 3.05) is 6.54 Å². The fourth-order valence-electron chi connectivity index (χ4n) is 1.51. The number of amides is 1. The molecule has 4 heteroatoms. The summed E-state index contributed by atoms with van der Waals surface area (Å²) in [5, 5.41) is 0. The van der Waals surface area contributed by atoms with Crippen LogP contribution in [-0.2, 0) is 0 Å². The summed E-state index contributed by atoms with van der Waals surface area (Å²) in [6, 6.07) is 3.84. The van der Waals surface area contributed by atoms with Gasteiger partial charge in [-0.15, -0.1) is 0 Å². The van der Waals surface area contributed by atoms with E-state index >= 15 is 0 Å².